The molecule has 0 aliphatic carbocycles. The number of rotatable bonds is 5. The summed E-state index contributed by atoms with van der Waals surface area (Å²) in [7, 11) is 0. The molecule has 7 nitrogen and oxygen atoms in total. The molecule has 0 aliphatic rings. The number of amides is 2. The van der Waals surface area contributed by atoms with Crippen LogP contribution >= 0.6 is 15.9 Å². The van der Waals surface area contributed by atoms with Crippen molar-refractivity contribution in [1.29, 1.82) is 0 Å². The molecular formula is C22H15BrN4O3. The number of para-hydroxylation sites is 1. The van der Waals surface area contributed by atoms with E-state index in [1.807, 2.05) is 6.07 Å². The molecule has 0 atom stereocenters. The van der Waals surface area contributed by atoms with Crippen molar-refractivity contribution in [2.24, 2.45) is 0 Å². The van der Waals surface area contributed by atoms with Gasteiger partial charge in [0.1, 0.15) is 0 Å². The minimum atomic E-state index is -0.344. The monoisotopic (exact) mass is 462 g/mol. The van der Waals surface area contributed by atoms with Crippen LogP contribution in [0.25, 0.3) is 11.5 Å². The van der Waals surface area contributed by atoms with Crippen LogP contribution in [0.15, 0.2) is 88.1 Å². The number of aromatic nitrogens is 2. The fourth-order valence-electron chi connectivity index (χ4n) is 2.82. The molecule has 30 heavy (non-hydrogen) atoms. The number of hydrogen-bond donors (Lipinski definition) is 2. The summed E-state index contributed by atoms with van der Waals surface area (Å²) in [6, 6.07) is 20.9. The van der Waals surface area contributed by atoms with Crippen LogP contribution in [0.4, 0.5) is 11.4 Å². The number of carbonyl (C=O) groups excluding carboxylic acids is 2. The Kier molecular flexibility index (Phi) is 5.67. The van der Waals surface area contributed by atoms with Gasteiger partial charge < -0.3 is 15.1 Å². The van der Waals surface area contributed by atoms with E-state index in [0.717, 1.165) is 5.56 Å². The maximum absolute atomic E-state index is 12.8. The second kappa shape index (κ2) is 8.71. The lowest BCUT2D eigenvalue weighted by molar-refractivity contribution is 0.102. The van der Waals surface area contributed by atoms with Crippen LogP contribution in [-0.4, -0.2) is 22.0 Å². The Balaban J connectivity index is 1.51. The first-order valence-corrected chi connectivity index (χ1v) is 9.74. The SMILES string of the molecule is O=C(Nc1ccccc1C(=O)Nc1ccc(-c2nnco2)cc1)c1ccccc1Br. The van der Waals surface area contributed by atoms with Gasteiger partial charge in [-0.05, 0) is 64.5 Å². The molecule has 2 amide bonds. The lowest BCUT2D eigenvalue weighted by Gasteiger charge is -2.12. The Morgan fingerprint density at radius 2 is 1.47 bits per heavy atom. The van der Waals surface area contributed by atoms with Gasteiger partial charge in [-0.3, -0.25) is 9.59 Å². The van der Waals surface area contributed by atoms with E-state index >= 15 is 0 Å². The van der Waals surface area contributed by atoms with Crippen LogP contribution in [-0.2, 0) is 0 Å². The van der Waals surface area contributed by atoms with Crippen LogP contribution in [0.3, 0.4) is 0 Å². The Morgan fingerprint density at radius 3 is 2.17 bits per heavy atom. The Bertz CT molecular complexity index is 1190. The summed E-state index contributed by atoms with van der Waals surface area (Å²) in [4.78, 5) is 25.4. The fourth-order valence-corrected chi connectivity index (χ4v) is 3.28. The molecule has 0 bridgehead atoms. The highest BCUT2D eigenvalue weighted by Crippen LogP contribution is 2.23. The Morgan fingerprint density at radius 1 is 0.800 bits per heavy atom. The van der Waals surface area contributed by atoms with E-state index in [4.69, 9.17) is 4.42 Å². The molecule has 2 N–H and O–H groups in total. The van der Waals surface area contributed by atoms with E-state index in [9.17, 15) is 9.59 Å². The first-order chi connectivity index (χ1) is 14.6. The molecule has 1 heterocycles. The third-order valence-electron chi connectivity index (χ3n) is 4.29. The van der Waals surface area contributed by atoms with Gasteiger partial charge in [0.2, 0.25) is 12.3 Å². The topological polar surface area (TPSA) is 97.1 Å². The molecule has 0 saturated heterocycles. The zero-order chi connectivity index (χ0) is 20.9. The summed E-state index contributed by atoms with van der Waals surface area (Å²) < 4.78 is 5.83. The zero-order valence-electron chi connectivity index (χ0n) is 15.5. The van der Waals surface area contributed by atoms with Crippen molar-refractivity contribution in [2.75, 3.05) is 10.6 Å². The summed E-state index contributed by atoms with van der Waals surface area (Å²) >= 11 is 3.37. The smallest absolute Gasteiger partial charge is 0.257 e. The first-order valence-electron chi connectivity index (χ1n) is 8.94. The molecule has 0 fully saturated rings. The quantitative estimate of drug-likeness (QED) is 0.434. The number of nitrogens with one attached hydrogen (secondary N) is 2. The fraction of sp³-hybridized carbons (Fsp3) is 0. The van der Waals surface area contributed by atoms with E-state index in [0.29, 0.717) is 32.9 Å². The first kappa shape index (κ1) is 19.5. The van der Waals surface area contributed by atoms with Gasteiger partial charge in [0.25, 0.3) is 11.8 Å². The van der Waals surface area contributed by atoms with Gasteiger partial charge in [0.05, 0.1) is 16.8 Å². The third-order valence-corrected chi connectivity index (χ3v) is 4.98. The highest BCUT2D eigenvalue weighted by molar-refractivity contribution is 9.10. The highest BCUT2D eigenvalue weighted by Gasteiger charge is 2.16. The van der Waals surface area contributed by atoms with Crippen molar-refractivity contribution in [3.8, 4) is 11.5 Å². The van der Waals surface area contributed by atoms with Crippen LogP contribution in [0.2, 0.25) is 0 Å². The van der Waals surface area contributed by atoms with Crippen LogP contribution in [0.5, 0.6) is 0 Å². The van der Waals surface area contributed by atoms with Crippen molar-refractivity contribution >= 4 is 39.1 Å². The average Bonchev–Trinajstić information content (AvgIpc) is 3.30. The van der Waals surface area contributed by atoms with Crippen molar-refractivity contribution in [3.05, 3.63) is 94.8 Å². The predicted molar refractivity (Wildman–Crippen MR) is 116 cm³/mol. The average molecular weight is 463 g/mol. The van der Waals surface area contributed by atoms with Gasteiger partial charge in [-0.2, -0.15) is 0 Å². The molecule has 0 spiro atoms. The van der Waals surface area contributed by atoms with Crippen molar-refractivity contribution in [2.45, 2.75) is 0 Å². The van der Waals surface area contributed by atoms with Crippen molar-refractivity contribution in [3.63, 3.8) is 0 Å². The molecule has 0 unspecified atom stereocenters. The summed E-state index contributed by atoms with van der Waals surface area (Å²) in [6.45, 7) is 0. The van der Waals surface area contributed by atoms with Gasteiger partial charge in [-0.1, -0.05) is 24.3 Å². The van der Waals surface area contributed by atoms with E-state index < -0.39 is 0 Å². The Hall–Kier alpha value is -3.78. The van der Waals surface area contributed by atoms with Crippen molar-refractivity contribution in [1.82, 2.24) is 10.2 Å². The molecule has 0 radical (unpaired) electrons. The van der Waals surface area contributed by atoms with Gasteiger partial charge in [-0.15, -0.1) is 10.2 Å². The lowest BCUT2D eigenvalue weighted by Crippen LogP contribution is -2.18. The molecule has 4 rings (SSSR count). The molecule has 8 heteroatoms. The van der Waals surface area contributed by atoms with Gasteiger partial charge in [0, 0.05) is 15.7 Å². The second-order valence-electron chi connectivity index (χ2n) is 6.25. The Labute approximate surface area is 180 Å². The van der Waals surface area contributed by atoms with Gasteiger partial charge >= 0.3 is 0 Å². The second-order valence-corrected chi connectivity index (χ2v) is 7.11. The number of benzene rings is 3. The van der Waals surface area contributed by atoms with Crippen molar-refractivity contribution < 1.29 is 14.0 Å². The number of halogens is 1. The summed E-state index contributed by atoms with van der Waals surface area (Å²) in [5.41, 5.74) is 2.57. The largest absolute Gasteiger partial charge is 0.423 e. The minimum absolute atomic E-state index is 0.313. The highest BCUT2D eigenvalue weighted by atomic mass is 79.9. The summed E-state index contributed by atoms with van der Waals surface area (Å²) in [5.74, 6) is -0.261. The molecule has 0 saturated carbocycles. The molecule has 1 aromatic heterocycles. The number of hydrogen-bond acceptors (Lipinski definition) is 5. The minimum Gasteiger partial charge on any atom is -0.423 e. The number of anilines is 2. The van der Waals surface area contributed by atoms with E-state index in [1.54, 1.807) is 66.7 Å². The molecular weight excluding hydrogens is 448 g/mol. The van der Waals surface area contributed by atoms with E-state index in [-0.39, 0.29) is 11.8 Å². The van der Waals surface area contributed by atoms with E-state index in [2.05, 4.69) is 36.8 Å². The normalized spacial score (nSPS) is 10.4. The predicted octanol–water partition coefficient (Wildman–Crippen LogP) is 5.00. The molecule has 4 aromatic rings. The number of nitrogens with zero attached hydrogens (tertiary/aromatic N) is 2. The van der Waals surface area contributed by atoms with Gasteiger partial charge in [-0.25, -0.2) is 0 Å². The van der Waals surface area contributed by atoms with Crippen LogP contribution in [0, 0.1) is 0 Å². The van der Waals surface area contributed by atoms with Crippen LogP contribution < -0.4 is 10.6 Å². The van der Waals surface area contributed by atoms with E-state index in [1.165, 1.54) is 6.39 Å². The standard InChI is InChI=1S/C22H15BrN4O3/c23-18-7-3-1-5-16(18)20(28)26-19-8-4-2-6-17(19)21(29)25-15-11-9-14(10-12-15)22-27-24-13-30-22/h1-13H,(H,25,29)(H,26,28). The molecule has 148 valence electrons. The third kappa shape index (κ3) is 4.28. The van der Waals surface area contributed by atoms with Gasteiger partial charge in [0.15, 0.2) is 0 Å². The number of carbonyl (C=O) groups is 2. The molecule has 0 aliphatic heterocycles. The van der Waals surface area contributed by atoms with Crippen LogP contribution in [0.1, 0.15) is 20.7 Å². The molecule has 3 aromatic carbocycles. The maximum Gasteiger partial charge on any atom is 0.257 e. The summed E-state index contributed by atoms with van der Waals surface area (Å²) in [5, 5.41) is 13.1. The zero-order valence-corrected chi connectivity index (χ0v) is 17.1. The maximum atomic E-state index is 12.8. The summed E-state index contributed by atoms with van der Waals surface area (Å²) in [6.07, 6.45) is 1.25. The lowest BCUT2D eigenvalue weighted by atomic mass is 10.1.